The minimum atomic E-state index is -0.851. The van der Waals surface area contributed by atoms with E-state index in [9.17, 15) is 9.18 Å². The molecule has 1 aliphatic carbocycles. The first kappa shape index (κ1) is 11.2. The van der Waals surface area contributed by atoms with Crippen molar-refractivity contribution in [3.63, 3.8) is 0 Å². The second-order valence-corrected chi connectivity index (χ2v) is 4.28. The number of carboxylic acids is 1. The smallest absolute Gasteiger partial charge is 0.308 e. The molecule has 0 amide bonds. The van der Waals surface area contributed by atoms with E-state index in [0.717, 1.165) is 6.42 Å². The van der Waals surface area contributed by atoms with E-state index in [4.69, 9.17) is 16.7 Å². The van der Waals surface area contributed by atoms with E-state index in [-0.39, 0.29) is 16.8 Å². The van der Waals surface area contributed by atoms with Crippen LogP contribution in [0.2, 0.25) is 5.02 Å². The summed E-state index contributed by atoms with van der Waals surface area (Å²) >= 11 is 5.83. The van der Waals surface area contributed by atoms with Gasteiger partial charge in [0.2, 0.25) is 0 Å². The molecule has 2 N–H and O–H groups in total. The predicted molar refractivity (Wildman–Crippen MR) is 59.2 cm³/mol. The lowest BCUT2D eigenvalue weighted by molar-refractivity contribution is -0.144. The van der Waals surface area contributed by atoms with Crippen LogP contribution >= 0.6 is 11.6 Å². The van der Waals surface area contributed by atoms with Crippen molar-refractivity contribution in [3.8, 4) is 0 Å². The minimum absolute atomic E-state index is 0.195. The molecule has 1 aromatic carbocycles. The number of aliphatic carboxylic acids is 1. The van der Waals surface area contributed by atoms with Crippen molar-refractivity contribution in [1.82, 2.24) is 0 Å². The van der Waals surface area contributed by atoms with Crippen LogP contribution in [0.4, 0.5) is 10.1 Å². The summed E-state index contributed by atoms with van der Waals surface area (Å²) in [4.78, 5) is 10.8. The van der Waals surface area contributed by atoms with E-state index in [1.54, 1.807) is 6.07 Å². The van der Waals surface area contributed by atoms with Gasteiger partial charge in [0, 0.05) is 6.04 Å². The van der Waals surface area contributed by atoms with Gasteiger partial charge in [0.05, 0.1) is 16.6 Å². The normalized spacial score (nSPS) is 23.6. The van der Waals surface area contributed by atoms with Gasteiger partial charge in [-0.2, -0.15) is 0 Å². The Bertz CT molecular complexity index is 404. The van der Waals surface area contributed by atoms with E-state index >= 15 is 0 Å². The minimum Gasteiger partial charge on any atom is -0.481 e. The molecule has 16 heavy (non-hydrogen) atoms. The topological polar surface area (TPSA) is 49.3 Å². The van der Waals surface area contributed by atoms with Crippen molar-refractivity contribution in [3.05, 3.63) is 29.0 Å². The van der Waals surface area contributed by atoms with Gasteiger partial charge in [-0.15, -0.1) is 0 Å². The zero-order valence-electron chi connectivity index (χ0n) is 8.41. The molecule has 0 aliphatic heterocycles. The molecule has 0 bridgehead atoms. The van der Waals surface area contributed by atoms with Crippen LogP contribution in [0, 0.1) is 11.7 Å². The SMILES string of the molecule is O=C(O)C1CCC1Nc1c(F)cccc1Cl. The molecule has 0 heterocycles. The molecule has 1 fully saturated rings. The maximum absolute atomic E-state index is 13.4. The van der Waals surface area contributed by atoms with Gasteiger partial charge in [-0.05, 0) is 25.0 Å². The summed E-state index contributed by atoms with van der Waals surface area (Å²) < 4.78 is 13.4. The fraction of sp³-hybridized carbons (Fsp3) is 0.364. The van der Waals surface area contributed by atoms with Crippen LogP contribution < -0.4 is 5.32 Å². The number of nitrogens with one attached hydrogen (secondary N) is 1. The predicted octanol–water partition coefficient (Wildman–Crippen LogP) is 2.75. The number of carbonyl (C=O) groups is 1. The number of hydrogen-bond donors (Lipinski definition) is 2. The summed E-state index contributed by atoms with van der Waals surface area (Å²) in [6.07, 6.45) is 1.35. The zero-order chi connectivity index (χ0) is 11.7. The van der Waals surface area contributed by atoms with Gasteiger partial charge >= 0.3 is 5.97 Å². The number of anilines is 1. The van der Waals surface area contributed by atoms with Crippen molar-refractivity contribution in [1.29, 1.82) is 0 Å². The third-order valence-electron chi connectivity index (χ3n) is 2.88. The van der Waals surface area contributed by atoms with E-state index in [0.29, 0.717) is 6.42 Å². The molecule has 0 aromatic heterocycles. The Morgan fingerprint density at radius 3 is 2.75 bits per heavy atom. The van der Waals surface area contributed by atoms with Crippen LogP contribution in [-0.2, 0) is 4.79 Å². The average molecular weight is 244 g/mol. The van der Waals surface area contributed by atoms with E-state index in [2.05, 4.69) is 5.32 Å². The van der Waals surface area contributed by atoms with E-state index in [1.165, 1.54) is 12.1 Å². The van der Waals surface area contributed by atoms with Crippen molar-refractivity contribution in [2.24, 2.45) is 5.92 Å². The maximum Gasteiger partial charge on any atom is 0.308 e. The van der Waals surface area contributed by atoms with E-state index in [1.807, 2.05) is 0 Å². The lowest BCUT2D eigenvalue weighted by Crippen LogP contribution is -2.43. The third-order valence-corrected chi connectivity index (χ3v) is 3.20. The highest BCUT2D eigenvalue weighted by Gasteiger charge is 2.37. The van der Waals surface area contributed by atoms with E-state index < -0.39 is 17.7 Å². The van der Waals surface area contributed by atoms with Gasteiger partial charge in [0.15, 0.2) is 0 Å². The Morgan fingerprint density at radius 2 is 2.25 bits per heavy atom. The second-order valence-electron chi connectivity index (χ2n) is 3.87. The van der Waals surface area contributed by atoms with Crippen LogP contribution in [0.3, 0.4) is 0 Å². The monoisotopic (exact) mass is 243 g/mol. The quantitative estimate of drug-likeness (QED) is 0.858. The molecule has 86 valence electrons. The molecule has 0 radical (unpaired) electrons. The average Bonchev–Trinajstić information content (AvgIpc) is 2.14. The Balaban J connectivity index is 2.13. The number of rotatable bonds is 3. The molecular formula is C11H11ClFNO2. The highest BCUT2D eigenvalue weighted by molar-refractivity contribution is 6.33. The summed E-state index contributed by atoms with van der Waals surface area (Å²) in [5.74, 6) is -1.75. The molecule has 2 rings (SSSR count). The molecule has 1 aromatic rings. The zero-order valence-corrected chi connectivity index (χ0v) is 9.17. The molecule has 5 heteroatoms. The number of para-hydroxylation sites is 1. The number of halogens is 2. The molecule has 0 saturated heterocycles. The molecule has 1 aliphatic rings. The number of carboxylic acid groups (broad SMARTS) is 1. The second kappa shape index (κ2) is 4.29. The van der Waals surface area contributed by atoms with Crippen LogP contribution in [0.5, 0.6) is 0 Å². The Kier molecular flexibility index (Phi) is 3.01. The molecule has 2 unspecified atom stereocenters. The van der Waals surface area contributed by atoms with Crippen LogP contribution in [-0.4, -0.2) is 17.1 Å². The number of hydrogen-bond acceptors (Lipinski definition) is 2. The fourth-order valence-corrected chi connectivity index (χ4v) is 2.01. The van der Waals surface area contributed by atoms with Crippen molar-refractivity contribution in [2.75, 3.05) is 5.32 Å². The van der Waals surface area contributed by atoms with Crippen LogP contribution in [0.25, 0.3) is 0 Å². The molecule has 3 nitrogen and oxygen atoms in total. The molecule has 2 atom stereocenters. The lowest BCUT2D eigenvalue weighted by Gasteiger charge is -2.35. The Hall–Kier alpha value is -1.29. The first-order chi connectivity index (χ1) is 7.59. The first-order valence-corrected chi connectivity index (χ1v) is 5.40. The summed E-state index contributed by atoms with van der Waals surface area (Å²) in [5, 5.41) is 12.0. The van der Waals surface area contributed by atoms with Gasteiger partial charge < -0.3 is 10.4 Å². The van der Waals surface area contributed by atoms with Gasteiger partial charge in [-0.1, -0.05) is 17.7 Å². The van der Waals surface area contributed by atoms with Gasteiger partial charge in [-0.25, -0.2) is 4.39 Å². The van der Waals surface area contributed by atoms with Crippen molar-refractivity contribution in [2.45, 2.75) is 18.9 Å². The summed E-state index contributed by atoms with van der Waals surface area (Å²) in [6.45, 7) is 0. The maximum atomic E-state index is 13.4. The number of benzene rings is 1. The summed E-state index contributed by atoms with van der Waals surface area (Å²) in [6, 6.07) is 4.15. The van der Waals surface area contributed by atoms with Crippen molar-refractivity contribution >= 4 is 23.3 Å². The Labute approximate surface area is 97.2 Å². The molecule has 0 spiro atoms. The highest BCUT2D eigenvalue weighted by Crippen LogP contribution is 2.34. The summed E-state index contributed by atoms with van der Waals surface area (Å²) in [7, 11) is 0. The molecular weight excluding hydrogens is 233 g/mol. The van der Waals surface area contributed by atoms with Gasteiger partial charge in [-0.3, -0.25) is 4.79 Å². The Morgan fingerprint density at radius 1 is 1.50 bits per heavy atom. The third kappa shape index (κ3) is 1.97. The van der Waals surface area contributed by atoms with Crippen LogP contribution in [0.1, 0.15) is 12.8 Å². The first-order valence-electron chi connectivity index (χ1n) is 5.03. The highest BCUT2D eigenvalue weighted by atomic mass is 35.5. The van der Waals surface area contributed by atoms with Crippen molar-refractivity contribution < 1.29 is 14.3 Å². The lowest BCUT2D eigenvalue weighted by atomic mass is 9.79. The van der Waals surface area contributed by atoms with Gasteiger partial charge in [0.25, 0.3) is 0 Å². The summed E-state index contributed by atoms with van der Waals surface area (Å²) in [5.41, 5.74) is 0.195. The van der Waals surface area contributed by atoms with Crippen LogP contribution in [0.15, 0.2) is 18.2 Å². The standard InChI is InChI=1S/C11H11ClFNO2/c12-7-2-1-3-8(13)10(7)14-9-5-4-6(9)11(15)16/h1-3,6,9,14H,4-5H2,(H,15,16). The van der Waals surface area contributed by atoms with Gasteiger partial charge in [0.1, 0.15) is 5.82 Å². The molecule has 1 saturated carbocycles. The largest absolute Gasteiger partial charge is 0.481 e. The fourth-order valence-electron chi connectivity index (χ4n) is 1.79.